The Balaban J connectivity index is 2.33. The van der Waals surface area contributed by atoms with E-state index in [2.05, 4.69) is 12.2 Å². The summed E-state index contributed by atoms with van der Waals surface area (Å²) in [6, 6.07) is 3.66. The summed E-state index contributed by atoms with van der Waals surface area (Å²) < 4.78 is 0. The van der Waals surface area contributed by atoms with Crippen molar-refractivity contribution in [3.8, 4) is 5.75 Å². The minimum atomic E-state index is 0.00481. The maximum Gasteiger partial charge on any atom is 0.223 e. The molecule has 1 aromatic rings. The molecule has 1 aliphatic carbocycles. The fourth-order valence-electron chi connectivity index (χ4n) is 2.47. The molecule has 1 atom stereocenters. The van der Waals surface area contributed by atoms with E-state index in [0.717, 1.165) is 18.4 Å². The number of phenolic OH excluding ortho intramolecular Hbond substituents is 1. The molecule has 0 saturated carbocycles. The number of carbonyl (C=O) groups excluding carboxylic acids is 1. The molecule has 0 radical (unpaired) electrons. The Morgan fingerprint density at radius 1 is 1.44 bits per heavy atom. The lowest BCUT2D eigenvalue weighted by atomic mass is 9.81. The Bertz CT molecular complexity index is 426. The van der Waals surface area contributed by atoms with Crippen LogP contribution in [-0.2, 0) is 17.6 Å². The number of benzene rings is 1. The molecule has 0 saturated heterocycles. The monoisotopic (exact) mass is 219 g/mol. The van der Waals surface area contributed by atoms with E-state index in [0.29, 0.717) is 12.2 Å². The Labute approximate surface area is 95.5 Å². The SMILES string of the molecule is CNC(=O)C1CCc2c(C)ccc(O)c2C1. The first-order valence-corrected chi connectivity index (χ1v) is 5.65. The van der Waals surface area contributed by atoms with E-state index in [4.69, 9.17) is 0 Å². The van der Waals surface area contributed by atoms with Crippen LogP contribution in [0.2, 0.25) is 0 Å². The van der Waals surface area contributed by atoms with Crippen molar-refractivity contribution in [2.45, 2.75) is 26.2 Å². The first-order chi connectivity index (χ1) is 7.63. The van der Waals surface area contributed by atoms with Crippen LogP contribution in [0, 0.1) is 12.8 Å². The Hall–Kier alpha value is -1.51. The molecule has 2 rings (SSSR count). The average molecular weight is 219 g/mol. The average Bonchev–Trinajstić information content (AvgIpc) is 2.32. The van der Waals surface area contributed by atoms with Gasteiger partial charge in [0.1, 0.15) is 5.75 Å². The number of phenols is 1. The lowest BCUT2D eigenvalue weighted by Gasteiger charge is -2.25. The molecule has 0 aliphatic heterocycles. The number of aryl methyl sites for hydroxylation is 1. The standard InChI is InChI=1S/C13H17NO2/c1-8-3-6-12(15)11-7-9(13(16)14-2)4-5-10(8)11/h3,6,9,15H,4-5,7H2,1-2H3,(H,14,16). The van der Waals surface area contributed by atoms with Gasteiger partial charge in [-0.25, -0.2) is 0 Å². The van der Waals surface area contributed by atoms with Crippen molar-refractivity contribution in [2.24, 2.45) is 5.92 Å². The highest BCUT2D eigenvalue weighted by molar-refractivity contribution is 5.79. The van der Waals surface area contributed by atoms with Crippen LogP contribution in [0.5, 0.6) is 5.75 Å². The van der Waals surface area contributed by atoms with E-state index in [-0.39, 0.29) is 11.8 Å². The van der Waals surface area contributed by atoms with Gasteiger partial charge in [0.05, 0.1) is 0 Å². The fraction of sp³-hybridized carbons (Fsp3) is 0.462. The second-order valence-electron chi connectivity index (χ2n) is 4.41. The number of rotatable bonds is 1. The summed E-state index contributed by atoms with van der Waals surface area (Å²) in [6.07, 6.45) is 2.41. The largest absolute Gasteiger partial charge is 0.508 e. The lowest BCUT2D eigenvalue weighted by Crippen LogP contribution is -2.31. The number of hydrogen-bond acceptors (Lipinski definition) is 2. The number of carbonyl (C=O) groups is 1. The molecule has 0 aromatic heterocycles. The zero-order valence-electron chi connectivity index (χ0n) is 9.71. The van der Waals surface area contributed by atoms with Crippen molar-refractivity contribution in [3.05, 3.63) is 28.8 Å². The summed E-state index contributed by atoms with van der Waals surface area (Å²) in [5.41, 5.74) is 3.39. The Morgan fingerprint density at radius 2 is 2.19 bits per heavy atom. The lowest BCUT2D eigenvalue weighted by molar-refractivity contribution is -0.124. The molecule has 1 unspecified atom stereocenters. The van der Waals surface area contributed by atoms with Gasteiger partial charge >= 0.3 is 0 Å². The maximum atomic E-state index is 11.6. The van der Waals surface area contributed by atoms with E-state index in [9.17, 15) is 9.90 Å². The molecule has 3 nitrogen and oxygen atoms in total. The van der Waals surface area contributed by atoms with E-state index in [1.165, 1.54) is 11.1 Å². The van der Waals surface area contributed by atoms with Crippen molar-refractivity contribution in [1.29, 1.82) is 0 Å². The van der Waals surface area contributed by atoms with E-state index in [1.807, 2.05) is 6.07 Å². The normalized spacial score (nSPS) is 19.0. The van der Waals surface area contributed by atoms with Crippen molar-refractivity contribution >= 4 is 5.91 Å². The molecule has 0 fully saturated rings. The van der Waals surface area contributed by atoms with E-state index in [1.54, 1.807) is 13.1 Å². The summed E-state index contributed by atoms with van der Waals surface area (Å²) in [5.74, 6) is 0.408. The summed E-state index contributed by atoms with van der Waals surface area (Å²) in [5, 5.41) is 12.5. The topological polar surface area (TPSA) is 49.3 Å². The molecule has 2 N–H and O–H groups in total. The number of aromatic hydroxyl groups is 1. The minimum absolute atomic E-state index is 0.00481. The van der Waals surface area contributed by atoms with Crippen LogP contribution in [-0.4, -0.2) is 18.1 Å². The molecule has 86 valence electrons. The molecule has 1 aromatic carbocycles. The molecule has 16 heavy (non-hydrogen) atoms. The summed E-state index contributed by atoms with van der Waals surface area (Å²) in [6.45, 7) is 2.05. The van der Waals surface area contributed by atoms with Crippen LogP contribution in [0.4, 0.5) is 0 Å². The highest BCUT2D eigenvalue weighted by Gasteiger charge is 2.26. The van der Waals surface area contributed by atoms with Gasteiger partial charge in [0, 0.05) is 13.0 Å². The molecular weight excluding hydrogens is 202 g/mol. The van der Waals surface area contributed by atoms with Crippen molar-refractivity contribution < 1.29 is 9.90 Å². The van der Waals surface area contributed by atoms with Crippen LogP contribution in [0.25, 0.3) is 0 Å². The number of hydrogen-bond donors (Lipinski definition) is 2. The van der Waals surface area contributed by atoms with Crippen molar-refractivity contribution in [2.75, 3.05) is 7.05 Å². The minimum Gasteiger partial charge on any atom is -0.508 e. The predicted molar refractivity (Wildman–Crippen MR) is 62.4 cm³/mol. The Kier molecular flexibility index (Phi) is 2.86. The number of nitrogens with one attached hydrogen (secondary N) is 1. The number of fused-ring (bicyclic) bond motifs is 1. The third-order valence-corrected chi connectivity index (χ3v) is 3.45. The highest BCUT2D eigenvalue weighted by atomic mass is 16.3. The van der Waals surface area contributed by atoms with Gasteiger partial charge in [-0.1, -0.05) is 6.07 Å². The molecule has 1 amide bonds. The van der Waals surface area contributed by atoms with Crippen molar-refractivity contribution in [3.63, 3.8) is 0 Å². The van der Waals surface area contributed by atoms with Gasteiger partial charge in [0.2, 0.25) is 5.91 Å². The van der Waals surface area contributed by atoms with Gasteiger partial charge in [-0.15, -0.1) is 0 Å². The maximum absolute atomic E-state index is 11.6. The third-order valence-electron chi connectivity index (χ3n) is 3.45. The second-order valence-corrected chi connectivity index (χ2v) is 4.41. The molecule has 3 heteroatoms. The fourth-order valence-corrected chi connectivity index (χ4v) is 2.47. The van der Waals surface area contributed by atoms with Gasteiger partial charge in [-0.3, -0.25) is 4.79 Å². The summed E-state index contributed by atoms with van der Waals surface area (Å²) in [7, 11) is 1.66. The van der Waals surface area contributed by atoms with E-state index >= 15 is 0 Å². The zero-order chi connectivity index (χ0) is 11.7. The highest BCUT2D eigenvalue weighted by Crippen LogP contribution is 2.33. The summed E-state index contributed by atoms with van der Waals surface area (Å²) in [4.78, 5) is 11.6. The number of amides is 1. The summed E-state index contributed by atoms with van der Waals surface area (Å²) >= 11 is 0. The van der Waals surface area contributed by atoms with Gasteiger partial charge in [0.25, 0.3) is 0 Å². The van der Waals surface area contributed by atoms with Crippen molar-refractivity contribution in [1.82, 2.24) is 5.32 Å². The first kappa shape index (κ1) is 11.0. The first-order valence-electron chi connectivity index (χ1n) is 5.65. The predicted octanol–water partition coefficient (Wildman–Crippen LogP) is 1.55. The second kappa shape index (κ2) is 4.16. The molecule has 0 heterocycles. The Morgan fingerprint density at radius 3 is 2.88 bits per heavy atom. The molecular formula is C13H17NO2. The molecule has 0 spiro atoms. The van der Waals surface area contributed by atoms with Gasteiger partial charge in [-0.2, -0.15) is 0 Å². The van der Waals surface area contributed by atoms with Crippen LogP contribution >= 0.6 is 0 Å². The molecule has 1 aliphatic rings. The smallest absolute Gasteiger partial charge is 0.223 e. The van der Waals surface area contributed by atoms with Gasteiger partial charge in [-0.05, 0) is 48.9 Å². The molecule has 0 bridgehead atoms. The third kappa shape index (κ3) is 1.77. The zero-order valence-corrected chi connectivity index (χ0v) is 9.71. The van der Waals surface area contributed by atoms with Gasteiger partial charge in [0.15, 0.2) is 0 Å². The van der Waals surface area contributed by atoms with E-state index < -0.39 is 0 Å². The van der Waals surface area contributed by atoms with Crippen LogP contribution in [0.3, 0.4) is 0 Å². The van der Waals surface area contributed by atoms with Crippen LogP contribution in [0.15, 0.2) is 12.1 Å². The quantitative estimate of drug-likeness (QED) is 0.753. The van der Waals surface area contributed by atoms with Crippen LogP contribution in [0.1, 0.15) is 23.1 Å². The van der Waals surface area contributed by atoms with Gasteiger partial charge < -0.3 is 10.4 Å². The van der Waals surface area contributed by atoms with Crippen LogP contribution < -0.4 is 5.32 Å².